The average Bonchev–Trinajstić information content (AvgIpc) is 3.06. The Morgan fingerprint density at radius 1 is 0.294 bits per heavy atom. The summed E-state index contributed by atoms with van der Waals surface area (Å²) in [5, 5.41) is 66.1. The Labute approximate surface area is 299 Å². The summed E-state index contributed by atoms with van der Waals surface area (Å²) >= 11 is 0. The Morgan fingerprint density at radius 2 is 0.529 bits per heavy atom. The second-order valence-corrected chi connectivity index (χ2v) is 13.9. The second-order valence-electron chi connectivity index (χ2n) is 13.9. The molecule has 0 radical (unpaired) electrons. The van der Waals surface area contributed by atoms with E-state index in [1.165, 1.54) is 0 Å². The first-order valence-electron chi connectivity index (χ1n) is 17.1. The van der Waals surface area contributed by atoms with E-state index in [0.29, 0.717) is 76.6 Å². The molecule has 6 rings (SSSR count). The van der Waals surface area contributed by atoms with Crippen LogP contribution in [0, 0.1) is 27.7 Å². The molecule has 6 aromatic rings. The molecule has 0 amide bonds. The van der Waals surface area contributed by atoms with E-state index in [2.05, 4.69) is 0 Å². The van der Waals surface area contributed by atoms with Gasteiger partial charge in [-0.15, -0.1) is 0 Å². The number of aryl methyl sites for hydroxylation is 4. The Balaban J connectivity index is 1.44. The number of aromatic hydroxyl groups is 6. The quantitative estimate of drug-likeness (QED) is 0.0859. The SMILES string of the molecule is Cc1ccc(Cc2cc(Cc3cc(Cc4ccc(C)cc4O)c(O)c(Cc4ccc(C)cc4O)c3)cc(Cc3ccc(C)cc3O)c2O)c(O)c1. The maximum atomic E-state index is 11.6. The summed E-state index contributed by atoms with van der Waals surface area (Å²) in [6, 6.07) is 29.8. The lowest BCUT2D eigenvalue weighted by atomic mass is 9.89. The van der Waals surface area contributed by atoms with Gasteiger partial charge in [0, 0.05) is 25.7 Å². The van der Waals surface area contributed by atoms with Crippen molar-refractivity contribution in [1.82, 2.24) is 0 Å². The Hall–Kier alpha value is -5.88. The van der Waals surface area contributed by atoms with Gasteiger partial charge in [0.05, 0.1) is 0 Å². The molecule has 0 spiro atoms. The van der Waals surface area contributed by atoms with E-state index in [0.717, 1.165) is 33.4 Å². The lowest BCUT2D eigenvalue weighted by Crippen LogP contribution is -2.02. The highest BCUT2D eigenvalue weighted by Gasteiger charge is 2.18. The van der Waals surface area contributed by atoms with Crippen LogP contribution in [0.1, 0.15) is 77.9 Å². The maximum absolute atomic E-state index is 11.6. The van der Waals surface area contributed by atoms with Gasteiger partial charge >= 0.3 is 0 Å². The highest BCUT2D eigenvalue weighted by Crippen LogP contribution is 2.36. The molecular formula is C45H44O6. The molecule has 0 fully saturated rings. The zero-order valence-electron chi connectivity index (χ0n) is 29.5. The first-order chi connectivity index (χ1) is 24.3. The van der Waals surface area contributed by atoms with Gasteiger partial charge in [0.25, 0.3) is 0 Å². The van der Waals surface area contributed by atoms with Gasteiger partial charge in [-0.3, -0.25) is 0 Å². The van der Waals surface area contributed by atoms with Crippen LogP contribution in [-0.2, 0) is 32.1 Å². The van der Waals surface area contributed by atoms with Crippen molar-refractivity contribution in [1.29, 1.82) is 0 Å². The predicted molar refractivity (Wildman–Crippen MR) is 202 cm³/mol. The summed E-state index contributed by atoms with van der Waals surface area (Å²) in [6.45, 7) is 7.64. The van der Waals surface area contributed by atoms with E-state index in [9.17, 15) is 30.6 Å². The van der Waals surface area contributed by atoms with Gasteiger partial charge in [-0.05, 0) is 136 Å². The lowest BCUT2D eigenvalue weighted by molar-refractivity contribution is 0.455. The third-order valence-corrected chi connectivity index (χ3v) is 9.55. The number of phenolic OH excluding ortho intramolecular Hbond substituents is 6. The molecule has 6 N–H and O–H groups in total. The highest BCUT2D eigenvalue weighted by molar-refractivity contribution is 5.55. The van der Waals surface area contributed by atoms with Crippen LogP contribution in [-0.4, -0.2) is 30.6 Å². The molecule has 260 valence electrons. The molecule has 0 aliphatic rings. The van der Waals surface area contributed by atoms with Crippen molar-refractivity contribution >= 4 is 0 Å². The van der Waals surface area contributed by atoms with Crippen LogP contribution in [0.25, 0.3) is 0 Å². The largest absolute Gasteiger partial charge is 0.508 e. The molecule has 0 aliphatic heterocycles. The molecule has 0 bridgehead atoms. The summed E-state index contributed by atoms with van der Waals surface area (Å²) in [6.07, 6.45) is 1.63. The molecule has 0 unspecified atom stereocenters. The third-order valence-electron chi connectivity index (χ3n) is 9.55. The Morgan fingerprint density at radius 3 is 0.745 bits per heavy atom. The van der Waals surface area contributed by atoms with Gasteiger partial charge in [0.1, 0.15) is 34.5 Å². The van der Waals surface area contributed by atoms with Gasteiger partial charge in [0.2, 0.25) is 0 Å². The number of phenols is 6. The molecule has 0 heterocycles. The smallest absolute Gasteiger partial charge is 0.122 e. The van der Waals surface area contributed by atoms with Crippen LogP contribution in [0.4, 0.5) is 0 Å². The van der Waals surface area contributed by atoms with E-state index in [1.807, 2.05) is 100 Å². The van der Waals surface area contributed by atoms with E-state index in [1.54, 1.807) is 24.3 Å². The van der Waals surface area contributed by atoms with E-state index in [-0.39, 0.29) is 34.5 Å². The molecule has 0 aliphatic carbocycles. The van der Waals surface area contributed by atoms with E-state index in [4.69, 9.17) is 0 Å². The summed E-state index contributed by atoms with van der Waals surface area (Å²) in [7, 11) is 0. The van der Waals surface area contributed by atoms with Crippen molar-refractivity contribution in [3.8, 4) is 34.5 Å². The van der Waals surface area contributed by atoms with Crippen molar-refractivity contribution in [2.75, 3.05) is 0 Å². The number of hydrogen-bond acceptors (Lipinski definition) is 6. The monoisotopic (exact) mass is 680 g/mol. The Kier molecular flexibility index (Phi) is 9.97. The third kappa shape index (κ3) is 8.13. The first-order valence-corrected chi connectivity index (χ1v) is 17.1. The number of benzene rings is 6. The van der Waals surface area contributed by atoms with Gasteiger partial charge in [-0.2, -0.15) is 0 Å². The van der Waals surface area contributed by atoms with Crippen LogP contribution in [0.5, 0.6) is 34.5 Å². The van der Waals surface area contributed by atoms with Crippen molar-refractivity contribution < 1.29 is 30.6 Å². The zero-order valence-corrected chi connectivity index (χ0v) is 29.5. The molecule has 6 nitrogen and oxygen atoms in total. The van der Waals surface area contributed by atoms with Crippen molar-refractivity contribution in [3.63, 3.8) is 0 Å². The normalized spacial score (nSPS) is 11.2. The summed E-state index contributed by atoms with van der Waals surface area (Å²) in [4.78, 5) is 0. The number of rotatable bonds is 10. The van der Waals surface area contributed by atoms with Gasteiger partial charge in [-0.1, -0.05) is 72.8 Å². The van der Waals surface area contributed by atoms with Crippen LogP contribution >= 0.6 is 0 Å². The van der Waals surface area contributed by atoms with Gasteiger partial charge in [-0.25, -0.2) is 0 Å². The molecule has 0 saturated carbocycles. The van der Waals surface area contributed by atoms with E-state index < -0.39 is 0 Å². The minimum Gasteiger partial charge on any atom is -0.508 e. The minimum absolute atomic E-state index is 0.107. The molecule has 6 heteroatoms. The van der Waals surface area contributed by atoms with Crippen LogP contribution in [0.15, 0.2) is 97.1 Å². The summed E-state index contributed by atoms with van der Waals surface area (Å²) in [5.74, 6) is 0.840. The second kappa shape index (κ2) is 14.5. The van der Waals surface area contributed by atoms with Gasteiger partial charge in [0.15, 0.2) is 0 Å². The summed E-state index contributed by atoms with van der Waals surface area (Å²) in [5.41, 5.74) is 10.8. The molecule has 0 saturated heterocycles. The predicted octanol–water partition coefficient (Wildman–Crippen LogP) is 9.11. The number of hydrogen-bond donors (Lipinski definition) is 6. The van der Waals surface area contributed by atoms with Gasteiger partial charge < -0.3 is 30.6 Å². The van der Waals surface area contributed by atoms with Crippen molar-refractivity contribution in [2.24, 2.45) is 0 Å². The Bertz CT molecular complexity index is 1940. The molecule has 51 heavy (non-hydrogen) atoms. The lowest BCUT2D eigenvalue weighted by Gasteiger charge is -2.17. The van der Waals surface area contributed by atoms with Crippen LogP contribution < -0.4 is 0 Å². The highest BCUT2D eigenvalue weighted by atomic mass is 16.3. The summed E-state index contributed by atoms with van der Waals surface area (Å²) < 4.78 is 0. The maximum Gasteiger partial charge on any atom is 0.122 e. The topological polar surface area (TPSA) is 121 Å². The van der Waals surface area contributed by atoms with Crippen molar-refractivity contribution in [3.05, 3.63) is 175 Å². The standard InChI is InChI=1S/C45H44O6/c1-26-5-9-32(40(46)13-26)22-36-18-30(19-37(44(36)50)23-33-10-6-27(2)14-41(33)47)17-31-20-38(24-34-11-7-28(3)15-42(34)48)45(51)39(21-31)25-35-12-8-29(4)16-43(35)49/h5-16,18-21,46-51H,17,22-25H2,1-4H3. The minimum atomic E-state index is 0.107. The fraction of sp³-hybridized carbons (Fsp3) is 0.200. The average molecular weight is 681 g/mol. The zero-order chi connectivity index (χ0) is 36.4. The first kappa shape index (κ1) is 35.0. The molecule has 0 atom stereocenters. The molecular weight excluding hydrogens is 636 g/mol. The van der Waals surface area contributed by atoms with Crippen LogP contribution in [0.3, 0.4) is 0 Å². The molecule has 0 aromatic heterocycles. The fourth-order valence-electron chi connectivity index (χ4n) is 6.76. The van der Waals surface area contributed by atoms with E-state index >= 15 is 0 Å². The molecule has 6 aromatic carbocycles. The van der Waals surface area contributed by atoms with Crippen molar-refractivity contribution in [2.45, 2.75) is 59.8 Å². The fourth-order valence-corrected chi connectivity index (χ4v) is 6.76. The van der Waals surface area contributed by atoms with Crippen LogP contribution in [0.2, 0.25) is 0 Å².